The van der Waals surface area contributed by atoms with Gasteiger partial charge in [-0.25, -0.2) is 4.79 Å². The largest absolute Gasteiger partial charge is 0.395 e. The van der Waals surface area contributed by atoms with Gasteiger partial charge in [0.1, 0.15) is 22.5 Å². The fourth-order valence-electron chi connectivity index (χ4n) is 1.95. The molecule has 0 aliphatic heterocycles. The molecule has 2 heterocycles. The zero-order valence-corrected chi connectivity index (χ0v) is 11.1. The fourth-order valence-corrected chi connectivity index (χ4v) is 1.95. The van der Waals surface area contributed by atoms with Crippen molar-refractivity contribution in [1.82, 2.24) is 14.1 Å². The molecule has 0 radical (unpaired) electrons. The van der Waals surface area contributed by atoms with Gasteiger partial charge in [0.25, 0.3) is 5.56 Å². The minimum Gasteiger partial charge on any atom is -0.395 e. The molecule has 9 heteroatoms. The monoisotopic (exact) mass is 281 g/mol. The molecule has 9 nitrogen and oxygen atoms in total. The Morgan fingerprint density at radius 2 is 1.90 bits per heavy atom. The number of nitrogens with one attached hydrogen (secondary N) is 2. The number of aliphatic hydroxyl groups excluding tert-OH is 1. The molecule has 0 unspecified atom stereocenters. The Morgan fingerprint density at radius 1 is 1.25 bits per heavy atom. The third kappa shape index (κ3) is 1.88. The molecule has 2 aromatic heterocycles. The number of pyridine rings is 1. The van der Waals surface area contributed by atoms with Crippen molar-refractivity contribution in [2.24, 2.45) is 14.1 Å². The number of rotatable bonds is 3. The van der Waals surface area contributed by atoms with E-state index < -0.39 is 16.7 Å². The molecule has 20 heavy (non-hydrogen) atoms. The summed E-state index contributed by atoms with van der Waals surface area (Å²) in [6.45, 7) is 0.0133. The van der Waals surface area contributed by atoms with Gasteiger partial charge < -0.3 is 21.1 Å². The van der Waals surface area contributed by atoms with E-state index in [9.17, 15) is 14.4 Å². The lowest BCUT2D eigenvalue weighted by Gasteiger charge is -2.12. The molecule has 0 aliphatic carbocycles. The smallest absolute Gasteiger partial charge is 0.332 e. The van der Waals surface area contributed by atoms with Gasteiger partial charge in [0.05, 0.1) is 6.61 Å². The zero-order chi connectivity index (χ0) is 15.0. The Morgan fingerprint density at radius 3 is 2.50 bits per heavy atom. The number of anilines is 2. The van der Waals surface area contributed by atoms with Crippen LogP contribution in [0.15, 0.2) is 14.4 Å². The standard InChI is InChI=1S/C11H15N5O4/c1-15-9-5(10(19)16(2)11(15)20)7(18)6(12)8(14-9)13-3-4-17/h17H,3-4,12H2,1-2H3,(H2,13,14,18). The van der Waals surface area contributed by atoms with E-state index in [0.717, 1.165) is 9.13 Å². The average Bonchev–Trinajstić information content (AvgIpc) is 2.44. The molecule has 0 amide bonds. The van der Waals surface area contributed by atoms with Crippen molar-refractivity contribution in [3.05, 3.63) is 31.1 Å². The summed E-state index contributed by atoms with van der Waals surface area (Å²) < 4.78 is 2.00. The van der Waals surface area contributed by atoms with Crippen LogP contribution >= 0.6 is 0 Å². The van der Waals surface area contributed by atoms with Gasteiger partial charge in [-0.05, 0) is 0 Å². The number of nitrogens with two attached hydrogens (primary N) is 1. The lowest BCUT2D eigenvalue weighted by Crippen LogP contribution is -2.39. The second-order valence-corrected chi connectivity index (χ2v) is 4.32. The summed E-state index contributed by atoms with van der Waals surface area (Å²) in [6, 6.07) is 0. The number of aryl methyl sites for hydroxylation is 1. The molecule has 0 saturated heterocycles. The summed E-state index contributed by atoms with van der Waals surface area (Å²) in [7, 11) is 2.73. The lowest BCUT2D eigenvalue weighted by atomic mass is 10.2. The highest BCUT2D eigenvalue weighted by atomic mass is 16.3. The van der Waals surface area contributed by atoms with E-state index in [-0.39, 0.29) is 35.7 Å². The van der Waals surface area contributed by atoms with E-state index in [1.165, 1.54) is 14.1 Å². The molecule has 5 N–H and O–H groups in total. The molecule has 108 valence electrons. The third-order valence-electron chi connectivity index (χ3n) is 3.06. The Balaban J connectivity index is 2.95. The fraction of sp³-hybridized carbons (Fsp3) is 0.364. The van der Waals surface area contributed by atoms with Gasteiger partial charge in [0, 0.05) is 20.6 Å². The highest BCUT2D eigenvalue weighted by Gasteiger charge is 2.16. The van der Waals surface area contributed by atoms with Crippen LogP contribution in [0.3, 0.4) is 0 Å². The predicted molar refractivity (Wildman–Crippen MR) is 75.0 cm³/mol. The highest BCUT2D eigenvalue weighted by Crippen LogP contribution is 2.13. The first kappa shape index (κ1) is 13.9. The second-order valence-electron chi connectivity index (χ2n) is 4.32. The molecular formula is C11H15N5O4. The van der Waals surface area contributed by atoms with Gasteiger partial charge in [-0.15, -0.1) is 0 Å². The summed E-state index contributed by atoms with van der Waals surface area (Å²) in [5.41, 5.74) is 3.67. The first-order valence-electron chi connectivity index (χ1n) is 5.86. The summed E-state index contributed by atoms with van der Waals surface area (Å²) in [4.78, 5) is 38.8. The first-order valence-corrected chi connectivity index (χ1v) is 5.86. The van der Waals surface area contributed by atoms with Crippen LogP contribution in [-0.2, 0) is 14.1 Å². The van der Waals surface area contributed by atoms with Crippen molar-refractivity contribution in [1.29, 1.82) is 0 Å². The number of fused-ring (bicyclic) bond motifs is 1. The molecule has 0 bridgehead atoms. The van der Waals surface area contributed by atoms with Gasteiger partial charge in [-0.3, -0.25) is 18.7 Å². The molecule has 0 saturated carbocycles. The topological polar surface area (TPSA) is 135 Å². The van der Waals surface area contributed by atoms with Crippen molar-refractivity contribution < 1.29 is 5.11 Å². The first-order chi connectivity index (χ1) is 9.40. The van der Waals surface area contributed by atoms with Crippen LogP contribution in [0.2, 0.25) is 0 Å². The second kappa shape index (κ2) is 4.85. The lowest BCUT2D eigenvalue weighted by molar-refractivity contribution is 0.311. The van der Waals surface area contributed by atoms with E-state index in [4.69, 9.17) is 10.8 Å². The molecule has 0 spiro atoms. The Kier molecular flexibility index (Phi) is 3.36. The van der Waals surface area contributed by atoms with E-state index in [2.05, 4.69) is 10.3 Å². The maximum atomic E-state index is 12.2. The van der Waals surface area contributed by atoms with E-state index in [0.29, 0.717) is 0 Å². The summed E-state index contributed by atoms with van der Waals surface area (Å²) in [5, 5.41) is 11.3. The molecule has 2 rings (SSSR count). The highest BCUT2D eigenvalue weighted by molar-refractivity contribution is 5.82. The van der Waals surface area contributed by atoms with Crippen LogP contribution in [0.5, 0.6) is 0 Å². The van der Waals surface area contributed by atoms with Crippen LogP contribution in [-0.4, -0.2) is 32.4 Å². The molecule has 0 aliphatic rings. The minimum absolute atomic E-state index is 0.0812. The van der Waals surface area contributed by atoms with Gasteiger partial charge in [-0.2, -0.15) is 0 Å². The van der Waals surface area contributed by atoms with Crippen LogP contribution in [0.1, 0.15) is 0 Å². The minimum atomic E-state index is -0.704. The van der Waals surface area contributed by atoms with Crippen molar-refractivity contribution in [2.45, 2.75) is 0 Å². The number of hydrogen-bond donors (Lipinski definition) is 4. The van der Waals surface area contributed by atoms with Crippen molar-refractivity contribution in [2.75, 3.05) is 24.2 Å². The average molecular weight is 281 g/mol. The van der Waals surface area contributed by atoms with Crippen molar-refractivity contribution in [3.8, 4) is 0 Å². The summed E-state index contributed by atoms with van der Waals surface area (Å²) >= 11 is 0. The van der Waals surface area contributed by atoms with Crippen LogP contribution in [0, 0.1) is 0 Å². The Bertz CT molecular complexity index is 845. The van der Waals surface area contributed by atoms with Gasteiger partial charge in [0.15, 0.2) is 0 Å². The van der Waals surface area contributed by atoms with Gasteiger partial charge in [0.2, 0.25) is 5.43 Å². The number of aromatic nitrogens is 3. The number of H-pyrrole nitrogens is 1. The summed E-state index contributed by atoms with van der Waals surface area (Å²) in [5.74, 6) is 0.166. The number of aliphatic hydroxyl groups is 1. The number of nitrogens with zero attached hydrogens (tertiary/aromatic N) is 2. The van der Waals surface area contributed by atoms with Gasteiger partial charge >= 0.3 is 5.69 Å². The summed E-state index contributed by atoms with van der Waals surface area (Å²) in [6.07, 6.45) is 0. The van der Waals surface area contributed by atoms with Gasteiger partial charge in [-0.1, -0.05) is 0 Å². The number of aromatic amines is 1. The van der Waals surface area contributed by atoms with Crippen molar-refractivity contribution >= 4 is 22.5 Å². The number of nitrogen functional groups attached to an aromatic ring is 1. The Hall–Kier alpha value is -2.55. The molecule has 0 atom stereocenters. The van der Waals surface area contributed by atoms with E-state index in [1.807, 2.05) is 0 Å². The van der Waals surface area contributed by atoms with Crippen LogP contribution in [0.25, 0.3) is 11.0 Å². The Labute approximate surface area is 112 Å². The predicted octanol–water partition coefficient (Wildman–Crippen LogP) is -2.09. The van der Waals surface area contributed by atoms with E-state index >= 15 is 0 Å². The third-order valence-corrected chi connectivity index (χ3v) is 3.06. The maximum Gasteiger partial charge on any atom is 0.332 e. The normalized spacial score (nSPS) is 10.9. The van der Waals surface area contributed by atoms with Crippen LogP contribution in [0.4, 0.5) is 11.5 Å². The SMILES string of the molecule is Cn1c(=O)c2c(=O)c(N)c(NCCO)[nH]c2n(C)c1=O. The van der Waals surface area contributed by atoms with Crippen molar-refractivity contribution in [3.63, 3.8) is 0 Å². The molecule has 0 aromatic carbocycles. The molecule has 2 aromatic rings. The zero-order valence-electron chi connectivity index (χ0n) is 11.1. The molecule has 0 fully saturated rings. The quantitative estimate of drug-likeness (QED) is 0.509. The number of hydrogen-bond acceptors (Lipinski definition) is 6. The maximum absolute atomic E-state index is 12.2. The molecular weight excluding hydrogens is 266 g/mol. The van der Waals surface area contributed by atoms with E-state index in [1.54, 1.807) is 0 Å². The van der Waals surface area contributed by atoms with Crippen LogP contribution < -0.4 is 27.7 Å².